The van der Waals surface area contributed by atoms with Gasteiger partial charge in [-0.15, -0.1) is 0 Å². The fourth-order valence-corrected chi connectivity index (χ4v) is 4.23. The Balaban J connectivity index is 1.69. The first-order valence-electron chi connectivity index (χ1n) is 11.7. The Hall–Kier alpha value is -2.72. The average Bonchev–Trinajstić information content (AvgIpc) is 2.78. The van der Waals surface area contributed by atoms with Crippen LogP contribution in [-0.4, -0.2) is 59.0 Å². The number of hydrogen-bond donors (Lipinski definition) is 2. The van der Waals surface area contributed by atoms with E-state index in [-0.39, 0.29) is 6.54 Å². The number of carboxylic acid groups (broad SMARTS) is 1. The SMILES string of the molecule is CC(C)(C)OC(=O)Nc1ccccc1CC[C@@H]1CN(C(=O)O)C[C@@H](C(F)(F)Cc2ccc(Br)cc2)O1. The smallest absolute Gasteiger partial charge is 0.412 e. The predicted octanol–water partition coefficient (Wildman–Crippen LogP) is 6.35. The van der Waals surface area contributed by atoms with Crippen LogP contribution in [0.25, 0.3) is 0 Å². The number of para-hydroxylation sites is 1. The number of aryl methyl sites for hydroxylation is 1. The Morgan fingerprint density at radius 3 is 2.44 bits per heavy atom. The molecule has 0 radical (unpaired) electrons. The molecule has 0 aromatic heterocycles. The van der Waals surface area contributed by atoms with Gasteiger partial charge in [-0.05, 0) is 62.9 Å². The van der Waals surface area contributed by atoms with Crippen LogP contribution >= 0.6 is 15.9 Å². The summed E-state index contributed by atoms with van der Waals surface area (Å²) in [6.45, 7) is 4.86. The summed E-state index contributed by atoms with van der Waals surface area (Å²) in [5, 5.41) is 12.3. The third-order valence-corrected chi connectivity index (χ3v) is 6.18. The third-order valence-electron chi connectivity index (χ3n) is 5.65. The number of halogens is 3. The molecule has 2 amide bonds. The summed E-state index contributed by atoms with van der Waals surface area (Å²) in [4.78, 5) is 24.9. The normalized spacial score (nSPS) is 18.6. The lowest BCUT2D eigenvalue weighted by Crippen LogP contribution is -2.56. The molecule has 1 saturated heterocycles. The number of hydrogen-bond acceptors (Lipinski definition) is 4. The maximum absolute atomic E-state index is 15.2. The van der Waals surface area contributed by atoms with E-state index in [1.807, 2.05) is 6.07 Å². The van der Waals surface area contributed by atoms with Gasteiger partial charge in [0.15, 0.2) is 0 Å². The van der Waals surface area contributed by atoms with Gasteiger partial charge in [-0.25, -0.2) is 18.4 Å². The number of morpholine rings is 1. The van der Waals surface area contributed by atoms with Crippen LogP contribution in [0.1, 0.15) is 38.3 Å². The lowest BCUT2D eigenvalue weighted by molar-refractivity contribution is -0.188. The average molecular weight is 569 g/mol. The van der Waals surface area contributed by atoms with Crippen molar-refractivity contribution in [3.8, 4) is 0 Å². The molecule has 1 fully saturated rings. The van der Waals surface area contributed by atoms with Crippen molar-refractivity contribution in [3.05, 3.63) is 64.1 Å². The van der Waals surface area contributed by atoms with Crippen molar-refractivity contribution < 1.29 is 33.0 Å². The van der Waals surface area contributed by atoms with Gasteiger partial charge in [-0.2, -0.15) is 0 Å². The van der Waals surface area contributed by atoms with E-state index in [0.717, 1.165) is 14.9 Å². The first kappa shape index (κ1) is 27.9. The van der Waals surface area contributed by atoms with Gasteiger partial charge in [0.25, 0.3) is 5.92 Å². The van der Waals surface area contributed by atoms with E-state index < -0.39 is 48.9 Å². The van der Waals surface area contributed by atoms with Crippen LogP contribution < -0.4 is 5.32 Å². The number of carbonyl (C=O) groups is 2. The summed E-state index contributed by atoms with van der Waals surface area (Å²) < 4.78 is 42.2. The molecule has 2 N–H and O–H groups in total. The Kier molecular flexibility index (Phi) is 8.94. The standard InChI is InChI=1S/C26H31BrF2N2O5/c1-25(2,3)36-23(32)30-21-7-5-4-6-18(21)10-13-20-15-31(24(33)34)16-22(35-20)26(28,29)14-17-8-11-19(27)12-9-17/h4-9,11-12,20,22H,10,13-16H2,1-3H3,(H,30,32)(H,33,34)/t20-,22+/m1/s1. The zero-order valence-corrected chi connectivity index (χ0v) is 22.1. The highest BCUT2D eigenvalue weighted by Gasteiger charge is 2.46. The van der Waals surface area contributed by atoms with Crippen LogP contribution in [0, 0.1) is 0 Å². The van der Waals surface area contributed by atoms with Gasteiger partial charge in [-0.3, -0.25) is 5.32 Å². The van der Waals surface area contributed by atoms with Gasteiger partial charge in [0, 0.05) is 16.6 Å². The number of anilines is 1. The van der Waals surface area contributed by atoms with Gasteiger partial charge >= 0.3 is 12.2 Å². The topological polar surface area (TPSA) is 88.1 Å². The fourth-order valence-electron chi connectivity index (χ4n) is 3.97. The van der Waals surface area contributed by atoms with E-state index >= 15 is 8.78 Å². The molecule has 2 atom stereocenters. The monoisotopic (exact) mass is 568 g/mol. The lowest BCUT2D eigenvalue weighted by atomic mass is 9.99. The molecule has 1 heterocycles. The van der Waals surface area contributed by atoms with Crippen molar-refractivity contribution in [3.63, 3.8) is 0 Å². The van der Waals surface area contributed by atoms with Crippen LogP contribution in [-0.2, 0) is 22.3 Å². The number of nitrogens with zero attached hydrogens (tertiary/aromatic N) is 1. The minimum absolute atomic E-state index is 0.0120. The maximum atomic E-state index is 15.2. The molecule has 7 nitrogen and oxygen atoms in total. The van der Waals surface area contributed by atoms with Crippen LogP contribution in [0.2, 0.25) is 0 Å². The summed E-state index contributed by atoms with van der Waals surface area (Å²) in [7, 11) is 0. The summed E-state index contributed by atoms with van der Waals surface area (Å²) in [5.74, 6) is -3.27. The Bertz CT molecular complexity index is 1060. The zero-order chi connectivity index (χ0) is 26.5. The first-order chi connectivity index (χ1) is 16.8. The maximum Gasteiger partial charge on any atom is 0.412 e. The number of rotatable bonds is 7. The van der Waals surface area contributed by atoms with E-state index in [9.17, 15) is 14.7 Å². The van der Waals surface area contributed by atoms with Crippen LogP contribution in [0.4, 0.5) is 24.1 Å². The number of ether oxygens (including phenoxy) is 2. The van der Waals surface area contributed by atoms with Crippen LogP contribution in [0.15, 0.2) is 53.0 Å². The lowest BCUT2D eigenvalue weighted by Gasteiger charge is -2.40. The minimum Gasteiger partial charge on any atom is -0.465 e. The summed E-state index contributed by atoms with van der Waals surface area (Å²) in [5.41, 5.74) is 1.07. The zero-order valence-electron chi connectivity index (χ0n) is 20.5. The van der Waals surface area contributed by atoms with Gasteiger partial charge in [0.05, 0.1) is 19.2 Å². The summed E-state index contributed by atoms with van der Waals surface area (Å²) >= 11 is 3.29. The Morgan fingerprint density at radius 1 is 1.14 bits per heavy atom. The molecule has 1 aliphatic heterocycles. The van der Waals surface area contributed by atoms with Crippen molar-refractivity contribution in [2.75, 3.05) is 18.4 Å². The van der Waals surface area contributed by atoms with Crippen molar-refractivity contribution in [2.24, 2.45) is 0 Å². The molecule has 36 heavy (non-hydrogen) atoms. The molecule has 196 valence electrons. The predicted molar refractivity (Wildman–Crippen MR) is 136 cm³/mol. The molecule has 0 saturated carbocycles. The number of benzene rings is 2. The highest BCUT2D eigenvalue weighted by Crippen LogP contribution is 2.32. The molecule has 2 aromatic carbocycles. The minimum atomic E-state index is -3.27. The van der Waals surface area contributed by atoms with Gasteiger partial charge in [0.2, 0.25) is 0 Å². The molecular weight excluding hydrogens is 538 g/mol. The van der Waals surface area contributed by atoms with Gasteiger partial charge < -0.3 is 19.5 Å². The van der Waals surface area contributed by atoms with Crippen molar-refractivity contribution in [2.45, 2.75) is 63.8 Å². The van der Waals surface area contributed by atoms with E-state index in [1.54, 1.807) is 63.2 Å². The fraction of sp³-hybridized carbons (Fsp3) is 0.462. The Labute approximate surface area is 217 Å². The number of nitrogens with one attached hydrogen (secondary N) is 1. The number of amides is 2. The first-order valence-corrected chi connectivity index (χ1v) is 12.5. The van der Waals surface area contributed by atoms with E-state index in [2.05, 4.69) is 21.2 Å². The van der Waals surface area contributed by atoms with E-state index in [1.165, 1.54) is 0 Å². The van der Waals surface area contributed by atoms with Crippen molar-refractivity contribution >= 4 is 33.8 Å². The van der Waals surface area contributed by atoms with Crippen LogP contribution in [0.5, 0.6) is 0 Å². The number of alkyl halides is 2. The quantitative estimate of drug-likeness (QED) is 0.406. The third kappa shape index (κ3) is 8.16. The van der Waals surface area contributed by atoms with Crippen LogP contribution in [0.3, 0.4) is 0 Å². The summed E-state index contributed by atoms with van der Waals surface area (Å²) in [6, 6.07) is 13.7. The van der Waals surface area contributed by atoms with Crippen molar-refractivity contribution in [1.29, 1.82) is 0 Å². The Morgan fingerprint density at radius 2 is 1.81 bits per heavy atom. The van der Waals surface area contributed by atoms with Crippen molar-refractivity contribution in [1.82, 2.24) is 4.90 Å². The highest BCUT2D eigenvalue weighted by atomic mass is 79.9. The highest BCUT2D eigenvalue weighted by molar-refractivity contribution is 9.10. The van der Waals surface area contributed by atoms with Gasteiger partial charge in [0.1, 0.15) is 11.7 Å². The number of carbonyl (C=O) groups excluding carboxylic acids is 1. The van der Waals surface area contributed by atoms with Gasteiger partial charge in [-0.1, -0.05) is 46.3 Å². The molecule has 0 unspecified atom stereocenters. The molecule has 10 heteroatoms. The van der Waals surface area contributed by atoms with E-state index in [4.69, 9.17) is 9.47 Å². The molecule has 3 rings (SSSR count). The molecular formula is C26H31BrF2N2O5. The second-order valence-electron chi connectivity index (χ2n) is 9.82. The molecule has 2 aromatic rings. The molecule has 0 aliphatic carbocycles. The second kappa shape index (κ2) is 11.6. The largest absolute Gasteiger partial charge is 0.465 e. The van der Waals surface area contributed by atoms with E-state index in [0.29, 0.717) is 24.1 Å². The molecule has 0 bridgehead atoms. The summed E-state index contributed by atoms with van der Waals surface area (Å²) in [6.07, 6.45) is -4.06. The second-order valence-corrected chi connectivity index (χ2v) is 10.7. The molecule has 1 aliphatic rings. The molecule has 0 spiro atoms.